The molecule has 2 aromatic rings. The number of hydrogen-bond donors (Lipinski definition) is 4. The number of aromatic nitrogens is 1. The number of halogens is 1. The number of rotatable bonds is 4. The molecule has 29 heavy (non-hydrogen) atoms. The van der Waals surface area contributed by atoms with E-state index in [1.165, 1.54) is 4.57 Å². The van der Waals surface area contributed by atoms with Crippen molar-refractivity contribution in [2.75, 3.05) is 6.61 Å². The first-order chi connectivity index (χ1) is 13.8. The molecular weight excluding hydrogens is 416 g/mol. The zero-order valence-corrected chi connectivity index (χ0v) is 17.1. The maximum atomic E-state index is 10.5. The zero-order chi connectivity index (χ0) is 21.3. The van der Waals surface area contributed by atoms with Gasteiger partial charge in [-0.3, -0.25) is 0 Å². The predicted octanol–water partition coefficient (Wildman–Crippen LogP) is 1.94. The summed E-state index contributed by atoms with van der Waals surface area (Å²) < 4.78 is 7.25. The van der Waals surface area contributed by atoms with Crippen LogP contribution in [0.1, 0.15) is 24.4 Å². The van der Waals surface area contributed by atoms with Crippen LogP contribution in [0.25, 0.3) is 11.1 Å². The van der Waals surface area contributed by atoms with Crippen LogP contribution >= 0.6 is 23.8 Å². The van der Waals surface area contributed by atoms with Gasteiger partial charge in [-0.25, -0.2) is 0 Å². The van der Waals surface area contributed by atoms with Gasteiger partial charge in [0.2, 0.25) is 0 Å². The fourth-order valence-corrected chi connectivity index (χ4v) is 3.99. The molecule has 0 spiro atoms. The molecule has 1 saturated heterocycles. The highest BCUT2D eigenvalue weighted by molar-refractivity contribution is 7.71. The Balaban J connectivity index is 2.19. The Morgan fingerprint density at radius 2 is 1.83 bits per heavy atom. The van der Waals surface area contributed by atoms with Crippen LogP contribution in [0, 0.1) is 16.0 Å². The molecule has 0 unspecified atom stereocenters. The summed E-state index contributed by atoms with van der Waals surface area (Å²) in [5.41, 5.74) is 2.24. The van der Waals surface area contributed by atoms with E-state index in [-0.39, 0.29) is 10.2 Å². The van der Waals surface area contributed by atoms with Crippen molar-refractivity contribution in [1.29, 1.82) is 5.26 Å². The zero-order valence-electron chi connectivity index (χ0n) is 15.6. The highest BCUT2D eigenvalue weighted by atomic mass is 35.5. The van der Waals surface area contributed by atoms with Crippen LogP contribution in [-0.2, 0) is 11.2 Å². The smallest absolute Gasteiger partial charge is 0.164 e. The molecule has 2 heterocycles. The van der Waals surface area contributed by atoms with Crippen LogP contribution in [-0.4, -0.2) is 56.0 Å². The lowest BCUT2D eigenvalue weighted by molar-refractivity contribution is -0.252. The molecule has 1 aliphatic heterocycles. The molecule has 1 aliphatic rings. The number of nitrogens with zero attached hydrogens (tertiary/aromatic N) is 2. The van der Waals surface area contributed by atoms with Crippen LogP contribution in [0.2, 0.25) is 5.02 Å². The Morgan fingerprint density at radius 1 is 1.17 bits per heavy atom. The van der Waals surface area contributed by atoms with Crippen LogP contribution in [0.15, 0.2) is 30.3 Å². The van der Waals surface area contributed by atoms with Gasteiger partial charge in [-0.2, -0.15) is 5.26 Å². The number of aliphatic hydroxyl groups is 4. The molecule has 3 rings (SSSR count). The van der Waals surface area contributed by atoms with Crippen molar-refractivity contribution in [1.82, 2.24) is 4.57 Å². The maximum absolute atomic E-state index is 10.5. The standard InChI is InChI=1S/C20H21ClN2O5S/c1-2-12-7-13(10-3-5-11(21)6-4-10)14(8-22)20(29)23(12)19-18(27)17(26)16(25)15(9-24)28-19/h3-7,15-19,24-27H,2,9H2,1H3/t15-,16-,17+,18-,19-/m1/s1. The third-order valence-electron chi connectivity index (χ3n) is 5.07. The summed E-state index contributed by atoms with van der Waals surface area (Å²) in [6, 6.07) is 10.9. The Hall–Kier alpha value is -1.83. The number of pyridine rings is 1. The van der Waals surface area contributed by atoms with Crippen molar-refractivity contribution in [3.8, 4) is 17.2 Å². The molecule has 0 aliphatic carbocycles. The van der Waals surface area contributed by atoms with E-state index in [1.54, 1.807) is 30.3 Å². The minimum atomic E-state index is -1.54. The minimum Gasteiger partial charge on any atom is -0.394 e. The lowest BCUT2D eigenvalue weighted by atomic mass is 9.96. The Morgan fingerprint density at radius 3 is 2.38 bits per heavy atom. The number of aliphatic hydroxyl groups excluding tert-OH is 4. The minimum absolute atomic E-state index is 0.126. The van der Waals surface area contributed by atoms with Crippen LogP contribution in [0.4, 0.5) is 0 Å². The lowest BCUT2D eigenvalue weighted by Crippen LogP contribution is -2.56. The van der Waals surface area contributed by atoms with E-state index in [0.29, 0.717) is 22.7 Å². The second-order valence-corrected chi connectivity index (χ2v) is 7.61. The fourth-order valence-electron chi connectivity index (χ4n) is 3.49. The largest absolute Gasteiger partial charge is 0.394 e. The molecule has 9 heteroatoms. The van der Waals surface area contributed by atoms with Crippen molar-refractivity contribution >= 4 is 23.8 Å². The molecule has 4 N–H and O–H groups in total. The summed E-state index contributed by atoms with van der Waals surface area (Å²) in [4.78, 5) is 0. The number of ether oxygens (including phenoxy) is 1. The Bertz CT molecular complexity index is 986. The van der Waals surface area contributed by atoms with Crippen LogP contribution in [0.3, 0.4) is 0 Å². The normalized spacial score (nSPS) is 26.9. The molecule has 0 radical (unpaired) electrons. The molecule has 0 amide bonds. The average molecular weight is 437 g/mol. The number of nitriles is 1. The van der Waals surface area contributed by atoms with Gasteiger partial charge in [0, 0.05) is 16.3 Å². The second-order valence-electron chi connectivity index (χ2n) is 6.79. The van der Waals surface area contributed by atoms with E-state index in [0.717, 1.165) is 5.56 Å². The predicted molar refractivity (Wildman–Crippen MR) is 109 cm³/mol. The third-order valence-corrected chi connectivity index (χ3v) is 5.73. The van der Waals surface area contributed by atoms with Gasteiger partial charge in [0.1, 0.15) is 35.1 Å². The van der Waals surface area contributed by atoms with E-state index in [2.05, 4.69) is 6.07 Å². The van der Waals surface area contributed by atoms with E-state index >= 15 is 0 Å². The van der Waals surface area contributed by atoms with E-state index in [9.17, 15) is 25.7 Å². The van der Waals surface area contributed by atoms with Gasteiger partial charge in [0.05, 0.1) is 12.2 Å². The number of hydrogen-bond acceptors (Lipinski definition) is 7. The summed E-state index contributed by atoms with van der Waals surface area (Å²) in [7, 11) is 0. The summed E-state index contributed by atoms with van der Waals surface area (Å²) in [5, 5.41) is 50.5. The highest BCUT2D eigenvalue weighted by Gasteiger charge is 2.44. The van der Waals surface area contributed by atoms with Crippen LogP contribution in [0.5, 0.6) is 0 Å². The molecule has 0 saturated carbocycles. The summed E-state index contributed by atoms with van der Waals surface area (Å²) in [6.07, 6.45) is -6.28. The second kappa shape index (κ2) is 8.90. The molecule has 0 bridgehead atoms. The first-order valence-corrected chi connectivity index (χ1v) is 9.87. The van der Waals surface area contributed by atoms with Crippen molar-refractivity contribution in [3.63, 3.8) is 0 Å². The highest BCUT2D eigenvalue weighted by Crippen LogP contribution is 2.34. The Labute approximate surface area is 178 Å². The quantitative estimate of drug-likeness (QED) is 0.541. The average Bonchev–Trinajstić information content (AvgIpc) is 2.72. The van der Waals surface area contributed by atoms with E-state index in [1.807, 2.05) is 6.92 Å². The fraction of sp³-hybridized carbons (Fsp3) is 0.400. The van der Waals surface area contributed by atoms with Crippen molar-refractivity contribution < 1.29 is 25.2 Å². The first-order valence-electron chi connectivity index (χ1n) is 9.09. The van der Waals surface area contributed by atoms with E-state index < -0.39 is 37.3 Å². The summed E-state index contributed by atoms with van der Waals surface area (Å²) in [6.45, 7) is 1.33. The summed E-state index contributed by atoms with van der Waals surface area (Å²) in [5.74, 6) is 0. The number of aryl methyl sites for hydroxylation is 1. The monoisotopic (exact) mass is 436 g/mol. The topological polar surface area (TPSA) is 119 Å². The molecule has 1 aromatic heterocycles. The first kappa shape index (κ1) is 21.9. The van der Waals surface area contributed by atoms with Gasteiger partial charge >= 0.3 is 0 Å². The summed E-state index contributed by atoms with van der Waals surface area (Å²) >= 11 is 11.5. The lowest BCUT2D eigenvalue weighted by Gasteiger charge is -2.41. The van der Waals surface area contributed by atoms with Gasteiger partial charge in [-0.05, 0) is 30.2 Å². The van der Waals surface area contributed by atoms with E-state index in [4.69, 9.17) is 28.6 Å². The molecule has 5 atom stereocenters. The van der Waals surface area contributed by atoms with Gasteiger partial charge < -0.3 is 29.7 Å². The molecule has 154 valence electrons. The maximum Gasteiger partial charge on any atom is 0.164 e. The van der Waals surface area contributed by atoms with Crippen molar-refractivity contribution in [2.45, 2.75) is 44.0 Å². The molecule has 1 fully saturated rings. The van der Waals surface area contributed by atoms with Crippen molar-refractivity contribution in [2.24, 2.45) is 0 Å². The molecular formula is C20H21ClN2O5S. The van der Waals surface area contributed by atoms with Gasteiger partial charge in [0.25, 0.3) is 0 Å². The third kappa shape index (κ3) is 3.96. The van der Waals surface area contributed by atoms with Gasteiger partial charge in [-0.15, -0.1) is 0 Å². The SMILES string of the molecule is CCc1cc(-c2ccc(Cl)cc2)c(C#N)c(=S)n1[C@@H]1O[C@H](CO)[C@@H](O)[C@H](O)[C@H]1O. The Kier molecular flexibility index (Phi) is 6.71. The molecule has 1 aromatic carbocycles. The van der Waals surface area contributed by atoms with Gasteiger partial charge in [-0.1, -0.05) is 42.9 Å². The molecule has 7 nitrogen and oxygen atoms in total. The van der Waals surface area contributed by atoms with Crippen molar-refractivity contribution in [3.05, 3.63) is 51.3 Å². The van der Waals surface area contributed by atoms with Gasteiger partial charge in [0.15, 0.2) is 6.23 Å². The number of benzene rings is 1. The van der Waals surface area contributed by atoms with Crippen LogP contribution < -0.4 is 0 Å².